The minimum absolute atomic E-state index is 0.679. The molecule has 0 fully saturated rings. The van der Waals surface area contributed by atoms with Crippen LogP contribution in [0.5, 0.6) is 0 Å². The van der Waals surface area contributed by atoms with Gasteiger partial charge in [0.25, 0.3) is 0 Å². The van der Waals surface area contributed by atoms with Crippen LogP contribution in [0.2, 0.25) is 0 Å². The molecule has 1 aliphatic rings. The second-order valence-corrected chi connectivity index (χ2v) is 5.39. The molecule has 0 radical (unpaired) electrons. The second kappa shape index (κ2) is 5.04. The van der Waals surface area contributed by atoms with E-state index < -0.39 is 0 Å². The van der Waals surface area contributed by atoms with Crippen LogP contribution in [0.1, 0.15) is 36.8 Å². The third-order valence-corrected chi connectivity index (χ3v) is 3.85. The average Bonchev–Trinajstić information content (AvgIpc) is 3.08. The summed E-state index contributed by atoms with van der Waals surface area (Å²) < 4.78 is 3.67. The Kier molecular flexibility index (Phi) is 3.31. The van der Waals surface area contributed by atoms with Gasteiger partial charge >= 0.3 is 0 Å². The van der Waals surface area contributed by atoms with Gasteiger partial charge in [-0.2, -0.15) is 20.0 Å². The van der Waals surface area contributed by atoms with Gasteiger partial charge in [0.05, 0.1) is 11.4 Å². The molecule has 0 bridgehead atoms. The van der Waals surface area contributed by atoms with Gasteiger partial charge in [0, 0.05) is 19.2 Å². The zero-order valence-electron chi connectivity index (χ0n) is 13.8. The molecular formula is C14H20N8. The van der Waals surface area contributed by atoms with E-state index >= 15 is 0 Å². The van der Waals surface area contributed by atoms with Crippen LogP contribution in [-0.2, 0) is 6.54 Å². The Labute approximate surface area is 129 Å². The van der Waals surface area contributed by atoms with Crippen LogP contribution in [0.15, 0.2) is 10.2 Å². The van der Waals surface area contributed by atoms with Gasteiger partial charge in [0.15, 0.2) is 11.5 Å². The lowest BCUT2D eigenvalue weighted by Crippen LogP contribution is -2.21. The lowest BCUT2D eigenvalue weighted by Gasteiger charge is -2.16. The first-order valence-electron chi connectivity index (χ1n) is 7.28. The monoisotopic (exact) mass is 300 g/mol. The van der Waals surface area contributed by atoms with Crippen molar-refractivity contribution < 1.29 is 0 Å². The van der Waals surface area contributed by atoms with Gasteiger partial charge < -0.3 is 0 Å². The van der Waals surface area contributed by atoms with Crippen LogP contribution in [0.4, 0.5) is 5.82 Å². The average molecular weight is 300 g/mol. The molecule has 116 valence electrons. The van der Waals surface area contributed by atoms with E-state index in [9.17, 15) is 0 Å². The maximum Gasteiger partial charge on any atom is 0.207 e. The molecule has 0 atom stereocenters. The van der Waals surface area contributed by atoms with Crippen LogP contribution in [-0.4, -0.2) is 43.1 Å². The highest BCUT2D eigenvalue weighted by Gasteiger charge is 2.25. The van der Waals surface area contributed by atoms with Gasteiger partial charge in [-0.25, -0.2) is 4.68 Å². The van der Waals surface area contributed by atoms with Crippen molar-refractivity contribution in [2.75, 3.05) is 12.1 Å². The Morgan fingerprint density at radius 2 is 1.86 bits per heavy atom. The van der Waals surface area contributed by atoms with Crippen LogP contribution in [0, 0.1) is 20.8 Å². The number of nitrogens with zero attached hydrogens (tertiary/aromatic N) is 8. The van der Waals surface area contributed by atoms with Crippen molar-refractivity contribution in [2.24, 2.45) is 10.2 Å². The molecule has 3 heterocycles. The summed E-state index contributed by atoms with van der Waals surface area (Å²) in [4.78, 5) is 0. The number of anilines is 1. The maximum absolute atomic E-state index is 4.70. The summed E-state index contributed by atoms with van der Waals surface area (Å²) in [6.45, 7) is 10.7. The number of aryl methyl sites for hydroxylation is 3. The Bertz CT molecular complexity index is 792. The molecule has 22 heavy (non-hydrogen) atoms. The minimum atomic E-state index is 0.679. The number of aromatic nitrogens is 5. The highest BCUT2D eigenvalue weighted by Crippen LogP contribution is 2.23. The van der Waals surface area contributed by atoms with E-state index in [1.165, 1.54) is 0 Å². The fourth-order valence-electron chi connectivity index (χ4n) is 2.59. The van der Waals surface area contributed by atoms with Gasteiger partial charge in [0.2, 0.25) is 5.82 Å². The van der Waals surface area contributed by atoms with Gasteiger partial charge in [-0.3, -0.25) is 5.01 Å². The molecular weight excluding hydrogens is 280 g/mol. The van der Waals surface area contributed by atoms with E-state index in [0.29, 0.717) is 5.82 Å². The Hall–Kier alpha value is -2.51. The molecule has 3 rings (SSSR count). The molecule has 8 heteroatoms. The Morgan fingerprint density at radius 1 is 1.14 bits per heavy atom. The first-order chi connectivity index (χ1) is 10.4. The Morgan fingerprint density at radius 3 is 2.55 bits per heavy atom. The van der Waals surface area contributed by atoms with E-state index in [2.05, 4.69) is 34.2 Å². The van der Waals surface area contributed by atoms with Crippen molar-refractivity contribution in [3.63, 3.8) is 0 Å². The molecule has 2 aromatic rings. The van der Waals surface area contributed by atoms with Gasteiger partial charge in [-0.05, 0) is 34.6 Å². The summed E-state index contributed by atoms with van der Waals surface area (Å²) in [7, 11) is 1.92. The van der Waals surface area contributed by atoms with Crippen molar-refractivity contribution in [3.8, 4) is 0 Å². The van der Waals surface area contributed by atoms with E-state index in [1.54, 1.807) is 4.68 Å². The molecule has 8 nitrogen and oxygen atoms in total. The van der Waals surface area contributed by atoms with Crippen molar-refractivity contribution in [3.05, 3.63) is 22.9 Å². The maximum atomic E-state index is 4.70. The molecule has 0 saturated heterocycles. The van der Waals surface area contributed by atoms with E-state index in [4.69, 9.17) is 5.10 Å². The summed E-state index contributed by atoms with van der Waals surface area (Å²) in [5.74, 6) is 2.42. The van der Waals surface area contributed by atoms with E-state index in [-0.39, 0.29) is 0 Å². The molecule has 0 aliphatic carbocycles. The van der Waals surface area contributed by atoms with Crippen LogP contribution in [0.25, 0.3) is 0 Å². The standard InChI is InChI=1S/C14H20N8/c1-7-21-14(8(2)9(3)17-21)20(6)19-12-10(4)18-22-11(5)15-16-13(12)22/h7H2,1-6H3/b19-12-. The topological polar surface area (TPSA) is 76.5 Å². The summed E-state index contributed by atoms with van der Waals surface area (Å²) in [5.41, 5.74) is 3.71. The van der Waals surface area contributed by atoms with Crippen molar-refractivity contribution in [1.82, 2.24) is 24.7 Å². The van der Waals surface area contributed by atoms with Gasteiger partial charge in [0.1, 0.15) is 5.82 Å². The highest BCUT2D eigenvalue weighted by molar-refractivity contribution is 6.48. The normalized spacial score (nSPS) is 15.4. The minimum Gasteiger partial charge on any atom is -0.250 e. The summed E-state index contributed by atoms with van der Waals surface area (Å²) in [6, 6.07) is 0. The van der Waals surface area contributed by atoms with Crippen LogP contribution >= 0.6 is 0 Å². The van der Waals surface area contributed by atoms with Crippen LogP contribution in [0.3, 0.4) is 0 Å². The lowest BCUT2D eigenvalue weighted by molar-refractivity contribution is 0.644. The first-order valence-corrected chi connectivity index (χ1v) is 7.28. The summed E-state index contributed by atoms with van der Waals surface area (Å²) in [5, 5.41) is 23.7. The van der Waals surface area contributed by atoms with E-state index in [0.717, 1.165) is 40.9 Å². The fraction of sp³-hybridized carbons (Fsp3) is 0.500. The molecule has 0 N–H and O–H groups in total. The molecule has 1 aliphatic heterocycles. The number of fused-ring (bicyclic) bond motifs is 1. The molecule has 0 saturated carbocycles. The zero-order chi connectivity index (χ0) is 16.0. The predicted molar refractivity (Wildman–Crippen MR) is 85.6 cm³/mol. The third-order valence-electron chi connectivity index (χ3n) is 3.85. The Balaban J connectivity index is 2.05. The molecule has 0 amide bonds. The summed E-state index contributed by atoms with van der Waals surface area (Å²) >= 11 is 0. The fourth-order valence-corrected chi connectivity index (χ4v) is 2.59. The smallest absolute Gasteiger partial charge is 0.207 e. The zero-order valence-corrected chi connectivity index (χ0v) is 13.8. The predicted octanol–water partition coefficient (Wildman–Crippen LogP) is 1.50. The first kappa shape index (κ1) is 14.4. The van der Waals surface area contributed by atoms with Crippen molar-refractivity contribution in [2.45, 2.75) is 41.2 Å². The van der Waals surface area contributed by atoms with Crippen LogP contribution < -0.4 is 5.01 Å². The largest absolute Gasteiger partial charge is 0.250 e. The molecule has 0 unspecified atom stereocenters. The third kappa shape index (κ3) is 2.02. The van der Waals surface area contributed by atoms with Gasteiger partial charge in [-0.1, -0.05) is 0 Å². The second-order valence-electron chi connectivity index (χ2n) is 5.39. The lowest BCUT2D eigenvalue weighted by atomic mass is 10.2. The quantitative estimate of drug-likeness (QED) is 0.805. The summed E-state index contributed by atoms with van der Waals surface area (Å²) in [6.07, 6.45) is 0. The number of hydrogen-bond acceptors (Lipinski definition) is 6. The van der Waals surface area contributed by atoms with Gasteiger partial charge in [-0.15, -0.1) is 10.2 Å². The highest BCUT2D eigenvalue weighted by atomic mass is 15.5. The number of hydrogen-bond donors (Lipinski definition) is 0. The molecule has 0 aromatic carbocycles. The number of hydrazone groups is 1. The molecule has 0 spiro atoms. The molecule has 2 aromatic heterocycles. The SMILES string of the molecule is CCn1nc(C)c(C)c1N(C)/N=C1/C(C)=Nn2c(C)nnc21. The van der Waals surface area contributed by atoms with E-state index in [1.807, 2.05) is 37.5 Å². The van der Waals surface area contributed by atoms with Crippen molar-refractivity contribution in [1.29, 1.82) is 0 Å². The number of rotatable bonds is 3. The van der Waals surface area contributed by atoms with Crippen molar-refractivity contribution >= 4 is 17.2 Å².